The average Bonchev–Trinajstić information content (AvgIpc) is 2.35. The molecule has 1 aromatic carbocycles. The molecule has 0 bridgehead atoms. The number of thioether (sulfide) groups is 1. The van der Waals surface area contributed by atoms with Gasteiger partial charge < -0.3 is 10.5 Å². The van der Waals surface area contributed by atoms with E-state index in [0.717, 1.165) is 15.8 Å². The van der Waals surface area contributed by atoms with Crippen LogP contribution in [0.15, 0.2) is 35.4 Å². The van der Waals surface area contributed by atoms with Crippen molar-refractivity contribution in [1.29, 1.82) is 0 Å². The molecule has 0 fully saturated rings. The lowest BCUT2D eigenvalue weighted by Gasteiger charge is -2.19. The Hall–Kier alpha value is -1.75. The van der Waals surface area contributed by atoms with Crippen molar-refractivity contribution in [1.82, 2.24) is 4.98 Å². The number of rotatable bonds is 3. The summed E-state index contributed by atoms with van der Waals surface area (Å²) in [4.78, 5) is 17.0. The molecule has 2 N–H and O–H groups in total. The first-order chi connectivity index (χ1) is 9.37. The smallest absolute Gasteiger partial charge is 0.316 e. The normalized spacial score (nSPS) is 11.6. The number of nitrogens with two attached hydrogens (primary N) is 1. The van der Waals surface area contributed by atoms with Gasteiger partial charge in [0.15, 0.2) is 0 Å². The highest BCUT2D eigenvalue weighted by Gasteiger charge is 2.16. The van der Waals surface area contributed by atoms with E-state index >= 15 is 0 Å². The molecule has 0 aliphatic heterocycles. The minimum Gasteiger partial charge on any atom is -0.459 e. The summed E-state index contributed by atoms with van der Waals surface area (Å²) in [5.74, 6) is 0.0434. The summed E-state index contributed by atoms with van der Waals surface area (Å²) in [6.45, 7) is 5.58. The Morgan fingerprint density at radius 3 is 2.80 bits per heavy atom. The molecular formula is C15H18N2O2S. The number of aromatic nitrogens is 1. The Bertz CT molecular complexity index is 635. The van der Waals surface area contributed by atoms with Gasteiger partial charge in [-0.25, -0.2) is 0 Å². The van der Waals surface area contributed by atoms with Gasteiger partial charge in [-0.2, -0.15) is 0 Å². The van der Waals surface area contributed by atoms with Gasteiger partial charge in [0.25, 0.3) is 0 Å². The second-order valence-electron chi connectivity index (χ2n) is 5.43. The minimum atomic E-state index is -0.456. The van der Waals surface area contributed by atoms with Gasteiger partial charge in [0.05, 0.1) is 17.0 Å². The van der Waals surface area contributed by atoms with Crippen LogP contribution in [0.1, 0.15) is 20.8 Å². The molecule has 0 spiro atoms. The molecule has 106 valence electrons. The number of hydrogen-bond acceptors (Lipinski definition) is 5. The number of fused-ring (bicyclic) bond motifs is 1. The van der Waals surface area contributed by atoms with Crippen LogP contribution >= 0.6 is 11.8 Å². The van der Waals surface area contributed by atoms with Crippen LogP contribution in [0.2, 0.25) is 0 Å². The number of para-hydroxylation sites is 1. The van der Waals surface area contributed by atoms with E-state index in [1.165, 1.54) is 11.8 Å². The summed E-state index contributed by atoms with van der Waals surface area (Å²) in [7, 11) is 0. The van der Waals surface area contributed by atoms with Crippen LogP contribution in [-0.4, -0.2) is 22.3 Å². The second-order valence-corrected chi connectivity index (χ2v) is 6.44. The largest absolute Gasteiger partial charge is 0.459 e. The van der Waals surface area contributed by atoms with Gasteiger partial charge >= 0.3 is 5.97 Å². The van der Waals surface area contributed by atoms with Crippen molar-refractivity contribution in [2.75, 3.05) is 11.5 Å². The van der Waals surface area contributed by atoms with Gasteiger partial charge in [-0.3, -0.25) is 9.78 Å². The Balaban J connectivity index is 2.15. The first kappa shape index (κ1) is 14.7. The fraction of sp³-hybridized carbons (Fsp3) is 0.333. The Kier molecular flexibility index (Phi) is 4.18. The second kappa shape index (κ2) is 5.71. The molecule has 0 aliphatic carbocycles. The third kappa shape index (κ3) is 3.63. The SMILES string of the molecule is CC(C)(C)OC(=O)CSc1ccnc2c(N)cccc12. The molecule has 1 heterocycles. The highest BCUT2D eigenvalue weighted by molar-refractivity contribution is 8.00. The van der Waals surface area contributed by atoms with E-state index in [-0.39, 0.29) is 11.7 Å². The zero-order chi connectivity index (χ0) is 14.8. The molecule has 20 heavy (non-hydrogen) atoms. The molecule has 4 nitrogen and oxygen atoms in total. The number of anilines is 1. The lowest BCUT2D eigenvalue weighted by Crippen LogP contribution is -2.24. The first-order valence-corrected chi connectivity index (χ1v) is 7.33. The molecule has 5 heteroatoms. The summed E-state index contributed by atoms with van der Waals surface area (Å²) in [5.41, 5.74) is 6.85. The fourth-order valence-corrected chi connectivity index (χ4v) is 2.62. The van der Waals surface area contributed by atoms with E-state index in [1.54, 1.807) is 6.20 Å². The summed E-state index contributed by atoms with van der Waals surface area (Å²) in [6.07, 6.45) is 1.70. The number of nitrogens with zero attached hydrogens (tertiary/aromatic N) is 1. The summed E-state index contributed by atoms with van der Waals surface area (Å²) >= 11 is 1.44. The van der Waals surface area contributed by atoms with E-state index in [0.29, 0.717) is 5.69 Å². The van der Waals surface area contributed by atoms with Crippen LogP contribution in [0.5, 0.6) is 0 Å². The standard InChI is InChI=1S/C15H18N2O2S/c1-15(2,3)19-13(18)9-20-12-7-8-17-14-10(12)5-4-6-11(14)16/h4-8H,9,16H2,1-3H3. The molecule has 0 radical (unpaired) electrons. The van der Waals surface area contributed by atoms with Crippen LogP contribution in [0, 0.1) is 0 Å². The number of pyridine rings is 1. The van der Waals surface area contributed by atoms with E-state index in [2.05, 4.69) is 4.98 Å². The maximum Gasteiger partial charge on any atom is 0.316 e. The Labute approximate surface area is 122 Å². The monoisotopic (exact) mass is 290 g/mol. The zero-order valence-corrected chi connectivity index (χ0v) is 12.7. The molecule has 0 atom stereocenters. The van der Waals surface area contributed by atoms with Crippen molar-refractivity contribution in [3.63, 3.8) is 0 Å². The van der Waals surface area contributed by atoms with E-state index < -0.39 is 5.60 Å². The molecule has 0 saturated carbocycles. The molecule has 0 saturated heterocycles. The number of ether oxygens (including phenoxy) is 1. The number of hydrogen-bond donors (Lipinski definition) is 1. The Morgan fingerprint density at radius 1 is 1.35 bits per heavy atom. The van der Waals surface area contributed by atoms with Crippen molar-refractivity contribution in [2.45, 2.75) is 31.3 Å². The van der Waals surface area contributed by atoms with Crippen molar-refractivity contribution in [3.05, 3.63) is 30.5 Å². The zero-order valence-electron chi connectivity index (χ0n) is 11.8. The van der Waals surface area contributed by atoms with Gasteiger partial charge in [-0.1, -0.05) is 12.1 Å². The third-order valence-corrected chi connectivity index (χ3v) is 3.57. The quantitative estimate of drug-likeness (QED) is 0.534. The average molecular weight is 290 g/mol. The van der Waals surface area contributed by atoms with E-state index in [1.807, 2.05) is 45.0 Å². The maximum atomic E-state index is 11.8. The molecule has 2 rings (SSSR count). The van der Waals surface area contributed by atoms with E-state index in [4.69, 9.17) is 10.5 Å². The molecule has 2 aromatic rings. The minimum absolute atomic E-state index is 0.226. The number of benzene rings is 1. The highest BCUT2D eigenvalue weighted by Crippen LogP contribution is 2.29. The lowest BCUT2D eigenvalue weighted by molar-refractivity contribution is -0.151. The van der Waals surface area contributed by atoms with Crippen molar-refractivity contribution in [2.24, 2.45) is 0 Å². The fourth-order valence-electron chi connectivity index (χ4n) is 1.81. The van der Waals surface area contributed by atoms with Crippen LogP contribution in [0.4, 0.5) is 5.69 Å². The van der Waals surface area contributed by atoms with Gasteiger partial charge in [0.2, 0.25) is 0 Å². The number of nitrogen functional groups attached to an aromatic ring is 1. The predicted octanol–water partition coefficient (Wildman–Crippen LogP) is 3.25. The molecule has 0 aliphatic rings. The van der Waals surface area contributed by atoms with Crippen molar-refractivity contribution in [3.8, 4) is 0 Å². The van der Waals surface area contributed by atoms with Crippen molar-refractivity contribution < 1.29 is 9.53 Å². The third-order valence-electron chi connectivity index (χ3n) is 2.53. The summed E-state index contributed by atoms with van der Waals surface area (Å²) < 4.78 is 5.30. The topological polar surface area (TPSA) is 65.2 Å². The Morgan fingerprint density at radius 2 is 2.10 bits per heavy atom. The molecule has 0 unspecified atom stereocenters. The molecular weight excluding hydrogens is 272 g/mol. The van der Waals surface area contributed by atoms with Gasteiger partial charge in [-0.15, -0.1) is 11.8 Å². The van der Waals surface area contributed by atoms with Crippen LogP contribution in [0.3, 0.4) is 0 Å². The van der Waals surface area contributed by atoms with Gasteiger partial charge in [-0.05, 0) is 32.9 Å². The number of carbonyl (C=O) groups excluding carboxylic acids is 1. The maximum absolute atomic E-state index is 11.8. The molecule has 0 amide bonds. The van der Waals surface area contributed by atoms with Crippen molar-refractivity contribution >= 4 is 34.3 Å². The number of carbonyl (C=O) groups is 1. The first-order valence-electron chi connectivity index (χ1n) is 6.35. The lowest BCUT2D eigenvalue weighted by atomic mass is 10.2. The van der Waals surface area contributed by atoms with Gasteiger partial charge in [0.1, 0.15) is 5.60 Å². The predicted molar refractivity (Wildman–Crippen MR) is 82.7 cm³/mol. The molecule has 1 aromatic heterocycles. The summed E-state index contributed by atoms with van der Waals surface area (Å²) in [6, 6.07) is 7.54. The highest BCUT2D eigenvalue weighted by atomic mass is 32.2. The van der Waals surface area contributed by atoms with Gasteiger partial charge in [0, 0.05) is 16.5 Å². The van der Waals surface area contributed by atoms with Crippen LogP contribution in [-0.2, 0) is 9.53 Å². The van der Waals surface area contributed by atoms with E-state index in [9.17, 15) is 4.79 Å². The summed E-state index contributed by atoms with van der Waals surface area (Å²) in [5, 5.41) is 0.959. The van der Waals surface area contributed by atoms with Crippen LogP contribution in [0.25, 0.3) is 10.9 Å². The number of esters is 1. The van der Waals surface area contributed by atoms with Crippen LogP contribution < -0.4 is 5.73 Å².